The molecule has 1 atom stereocenters. The van der Waals surface area contributed by atoms with Crippen LogP contribution in [0.5, 0.6) is 5.75 Å². The van der Waals surface area contributed by atoms with E-state index < -0.39 is 0 Å². The van der Waals surface area contributed by atoms with Crippen LogP contribution in [0.15, 0.2) is 66.7 Å². The number of hydrogen-bond acceptors (Lipinski definition) is 3. The molecule has 3 rings (SSSR count). The van der Waals surface area contributed by atoms with Crippen molar-refractivity contribution < 1.29 is 9.90 Å². The highest BCUT2D eigenvalue weighted by Crippen LogP contribution is 2.34. The Labute approximate surface area is 169 Å². The smallest absolute Gasteiger partial charge is 0.269 e. The van der Waals surface area contributed by atoms with E-state index in [2.05, 4.69) is 23.1 Å². The number of hydrazine groups is 1. The van der Waals surface area contributed by atoms with Crippen LogP contribution in [0, 0.1) is 0 Å². The lowest BCUT2D eigenvalue weighted by molar-refractivity contribution is 0.0943. The molecule has 5 nitrogen and oxygen atoms in total. The average molecular weight is 394 g/mol. The van der Waals surface area contributed by atoms with E-state index in [0.717, 1.165) is 29.2 Å². The van der Waals surface area contributed by atoms with Crippen molar-refractivity contribution in [3.05, 3.63) is 77.9 Å². The molecule has 0 saturated heterocycles. The summed E-state index contributed by atoms with van der Waals surface area (Å²) >= 11 is 5.36. The van der Waals surface area contributed by atoms with Crippen molar-refractivity contribution in [1.82, 2.24) is 16.2 Å². The Kier molecular flexibility index (Phi) is 6.45. The highest BCUT2D eigenvalue weighted by Gasteiger charge is 2.19. The minimum absolute atomic E-state index is 0.190. The number of amides is 1. The first-order valence-corrected chi connectivity index (χ1v) is 9.63. The SMILES string of the molecule is CCCC(NC(=S)NNC(=O)c1ccccc1)c1c(O)ccc2ccccc12. The van der Waals surface area contributed by atoms with Crippen LogP contribution in [0.2, 0.25) is 0 Å². The van der Waals surface area contributed by atoms with Crippen LogP contribution in [0.4, 0.5) is 0 Å². The number of thiocarbonyl (C=S) groups is 1. The standard InChI is InChI=1S/C22H23N3O2S/c1-2-8-18(20-17-12-7-6-9-15(17)13-14-19(20)26)23-22(28)25-24-21(27)16-10-4-3-5-11-16/h3-7,9-14,18,26H,2,8H2,1H3,(H,24,27)(H2,23,25,28). The lowest BCUT2D eigenvalue weighted by Crippen LogP contribution is -2.47. The fourth-order valence-electron chi connectivity index (χ4n) is 3.20. The van der Waals surface area contributed by atoms with E-state index in [4.69, 9.17) is 12.2 Å². The molecular formula is C22H23N3O2S. The Hall–Kier alpha value is -3.12. The minimum atomic E-state index is -0.273. The molecule has 0 fully saturated rings. The summed E-state index contributed by atoms with van der Waals surface area (Å²) in [5.74, 6) is -0.0504. The van der Waals surface area contributed by atoms with E-state index in [-0.39, 0.29) is 22.8 Å². The first-order valence-electron chi connectivity index (χ1n) is 9.22. The van der Waals surface area contributed by atoms with Gasteiger partial charge < -0.3 is 10.4 Å². The minimum Gasteiger partial charge on any atom is -0.508 e. The van der Waals surface area contributed by atoms with E-state index >= 15 is 0 Å². The van der Waals surface area contributed by atoms with Crippen LogP contribution in [-0.2, 0) is 0 Å². The van der Waals surface area contributed by atoms with Crippen molar-refractivity contribution in [3.8, 4) is 5.75 Å². The Morgan fingerprint density at radius 1 is 1.00 bits per heavy atom. The second-order valence-electron chi connectivity index (χ2n) is 6.48. The van der Waals surface area contributed by atoms with E-state index in [9.17, 15) is 9.90 Å². The Bertz CT molecular complexity index is 976. The number of rotatable bonds is 5. The van der Waals surface area contributed by atoms with Gasteiger partial charge in [-0.1, -0.05) is 61.9 Å². The van der Waals surface area contributed by atoms with Gasteiger partial charge in [0.25, 0.3) is 5.91 Å². The van der Waals surface area contributed by atoms with Gasteiger partial charge in [0.2, 0.25) is 0 Å². The number of hydrogen-bond donors (Lipinski definition) is 4. The number of phenols is 1. The van der Waals surface area contributed by atoms with Crippen molar-refractivity contribution in [2.24, 2.45) is 0 Å². The maximum Gasteiger partial charge on any atom is 0.269 e. The third kappa shape index (κ3) is 4.58. The predicted octanol–water partition coefficient (Wildman–Crippen LogP) is 4.20. The fourth-order valence-corrected chi connectivity index (χ4v) is 3.39. The first-order chi connectivity index (χ1) is 13.6. The topological polar surface area (TPSA) is 73.4 Å². The highest BCUT2D eigenvalue weighted by atomic mass is 32.1. The van der Waals surface area contributed by atoms with Gasteiger partial charge in [0.1, 0.15) is 5.75 Å². The molecule has 1 amide bonds. The molecule has 0 spiro atoms. The maximum atomic E-state index is 12.2. The molecule has 0 heterocycles. The molecule has 0 aliphatic heterocycles. The zero-order valence-corrected chi connectivity index (χ0v) is 16.4. The van der Waals surface area contributed by atoms with Crippen molar-refractivity contribution in [3.63, 3.8) is 0 Å². The lowest BCUT2D eigenvalue weighted by Gasteiger charge is -2.23. The normalized spacial score (nSPS) is 11.6. The molecule has 1 unspecified atom stereocenters. The van der Waals surface area contributed by atoms with E-state index in [1.807, 2.05) is 36.4 Å². The van der Waals surface area contributed by atoms with E-state index in [1.165, 1.54) is 0 Å². The molecular weight excluding hydrogens is 370 g/mol. The van der Waals surface area contributed by atoms with Crippen molar-refractivity contribution in [2.45, 2.75) is 25.8 Å². The molecule has 144 valence electrons. The largest absolute Gasteiger partial charge is 0.508 e. The van der Waals surface area contributed by atoms with Gasteiger partial charge in [-0.25, -0.2) is 0 Å². The second-order valence-corrected chi connectivity index (χ2v) is 6.89. The summed E-state index contributed by atoms with van der Waals surface area (Å²) in [6, 6.07) is 20.2. The number of nitrogens with one attached hydrogen (secondary N) is 3. The van der Waals surface area contributed by atoms with Gasteiger partial charge in [0.15, 0.2) is 5.11 Å². The Morgan fingerprint density at radius 3 is 2.46 bits per heavy atom. The van der Waals surface area contributed by atoms with Crippen molar-refractivity contribution in [2.75, 3.05) is 0 Å². The van der Waals surface area contributed by atoms with Gasteiger partial charge in [0, 0.05) is 11.1 Å². The highest BCUT2D eigenvalue weighted by molar-refractivity contribution is 7.80. The lowest BCUT2D eigenvalue weighted by atomic mass is 9.95. The quantitative estimate of drug-likeness (QED) is 0.386. The molecule has 0 aromatic heterocycles. The number of fused-ring (bicyclic) bond motifs is 1. The molecule has 3 aromatic carbocycles. The molecule has 28 heavy (non-hydrogen) atoms. The van der Waals surface area contributed by atoms with Gasteiger partial charge in [-0.05, 0) is 47.6 Å². The first kappa shape index (κ1) is 19.6. The second kappa shape index (κ2) is 9.19. The summed E-state index contributed by atoms with van der Waals surface area (Å²) in [4.78, 5) is 12.2. The third-order valence-corrected chi connectivity index (χ3v) is 4.72. The molecule has 0 aliphatic carbocycles. The van der Waals surface area contributed by atoms with Gasteiger partial charge in [-0.15, -0.1) is 0 Å². The number of carbonyl (C=O) groups is 1. The molecule has 6 heteroatoms. The fraction of sp³-hybridized carbons (Fsp3) is 0.182. The van der Waals surface area contributed by atoms with Crippen LogP contribution in [0.1, 0.15) is 41.7 Å². The van der Waals surface area contributed by atoms with Crippen molar-refractivity contribution >= 4 is 34.0 Å². The van der Waals surface area contributed by atoms with Gasteiger partial charge in [0.05, 0.1) is 6.04 Å². The zero-order valence-electron chi connectivity index (χ0n) is 15.6. The van der Waals surface area contributed by atoms with Crippen molar-refractivity contribution in [1.29, 1.82) is 0 Å². The van der Waals surface area contributed by atoms with Crippen LogP contribution in [-0.4, -0.2) is 16.1 Å². The predicted molar refractivity (Wildman–Crippen MR) is 116 cm³/mol. The molecule has 0 aliphatic rings. The van der Waals surface area contributed by atoms with Gasteiger partial charge >= 0.3 is 0 Å². The molecule has 0 saturated carbocycles. The van der Waals surface area contributed by atoms with Crippen LogP contribution in [0.25, 0.3) is 10.8 Å². The number of phenolic OH excluding ortho intramolecular Hbond substituents is 1. The Balaban J connectivity index is 1.74. The van der Waals surface area contributed by atoms with E-state index in [1.54, 1.807) is 30.3 Å². The molecule has 0 radical (unpaired) electrons. The third-order valence-electron chi connectivity index (χ3n) is 4.50. The molecule has 3 aromatic rings. The van der Waals surface area contributed by atoms with Crippen LogP contribution >= 0.6 is 12.2 Å². The van der Waals surface area contributed by atoms with Crippen LogP contribution < -0.4 is 16.2 Å². The monoisotopic (exact) mass is 393 g/mol. The summed E-state index contributed by atoms with van der Waals surface area (Å²) in [7, 11) is 0. The van der Waals surface area contributed by atoms with Crippen LogP contribution in [0.3, 0.4) is 0 Å². The summed E-state index contributed by atoms with van der Waals surface area (Å²) in [6.07, 6.45) is 1.68. The van der Waals surface area contributed by atoms with E-state index in [0.29, 0.717) is 5.56 Å². The molecule has 0 bridgehead atoms. The Morgan fingerprint density at radius 2 is 1.71 bits per heavy atom. The number of carbonyl (C=O) groups excluding carboxylic acids is 1. The number of benzene rings is 3. The molecule has 4 N–H and O–H groups in total. The zero-order chi connectivity index (χ0) is 19.9. The average Bonchev–Trinajstić information content (AvgIpc) is 2.72. The maximum absolute atomic E-state index is 12.2. The van der Waals surface area contributed by atoms with Gasteiger partial charge in [-0.2, -0.15) is 0 Å². The summed E-state index contributed by atoms with van der Waals surface area (Å²) in [5.41, 5.74) is 6.68. The summed E-state index contributed by atoms with van der Waals surface area (Å²) in [5, 5.41) is 16.0. The number of aromatic hydroxyl groups is 1. The summed E-state index contributed by atoms with van der Waals surface area (Å²) < 4.78 is 0. The summed E-state index contributed by atoms with van der Waals surface area (Å²) in [6.45, 7) is 2.07. The van der Waals surface area contributed by atoms with Gasteiger partial charge in [-0.3, -0.25) is 15.6 Å².